The minimum Gasteiger partial charge on any atom is -0.462 e. The Morgan fingerprint density at radius 1 is 0.967 bits per heavy atom. The second kappa shape index (κ2) is 9.56. The molecule has 0 saturated heterocycles. The number of carbonyl (C=O) groups is 3. The van der Waals surface area contributed by atoms with E-state index in [2.05, 4.69) is 10.6 Å². The van der Waals surface area contributed by atoms with Crippen molar-refractivity contribution in [3.63, 3.8) is 0 Å². The van der Waals surface area contributed by atoms with Crippen molar-refractivity contribution in [3.05, 3.63) is 81.2 Å². The lowest BCUT2D eigenvalue weighted by Crippen LogP contribution is -2.15. The van der Waals surface area contributed by atoms with E-state index in [1.165, 1.54) is 0 Å². The summed E-state index contributed by atoms with van der Waals surface area (Å²) in [5.41, 5.74) is 1.61. The van der Waals surface area contributed by atoms with Crippen molar-refractivity contribution in [2.45, 2.75) is 13.8 Å². The molecule has 8 heteroatoms. The molecular formula is C22H19ClN2O4S. The number of benzene rings is 2. The average Bonchev–Trinajstić information content (AvgIpc) is 3.06. The molecule has 2 aromatic carbocycles. The minimum atomic E-state index is -0.597. The molecule has 1 heterocycles. The van der Waals surface area contributed by atoms with E-state index >= 15 is 0 Å². The molecular weight excluding hydrogens is 424 g/mol. The molecule has 154 valence electrons. The lowest BCUT2D eigenvalue weighted by Gasteiger charge is -2.07. The number of nitrogens with one attached hydrogen (secondary N) is 2. The fraction of sp³-hybridized carbons (Fsp3) is 0.136. The number of amides is 2. The number of esters is 1. The Morgan fingerprint density at radius 2 is 1.63 bits per heavy atom. The molecule has 0 aliphatic carbocycles. The third-order valence-electron chi connectivity index (χ3n) is 4.20. The summed E-state index contributed by atoms with van der Waals surface area (Å²) in [6, 6.07) is 15.3. The first-order valence-corrected chi connectivity index (χ1v) is 10.3. The topological polar surface area (TPSA) is 84.5 Å². The van der Waals surface area contributed by atoms with E-state index in [4.69, 9.17) is 16.3 Å². The summed E-state index contributed by atoms with van der Waals surface area (Å²) >= 11 is 6.90. The van der Waals surface area contributed by atoms with Crippen LogP contribution in [0.25, 0.3) is 0 Å². The predicted octanol–water partition coefficient (Wildman–Crippen LogP) is 5.39. The van der Waals surface area contributed by atoms with Gasteiger partial charge >= 0.3 is 5.97 Å². The van der Waals surface area contributed by atoms with Gasteiger partial charge in [0.25, 0.3) is 11.8 Å². The van der Waals surface area contributed by atoms with Crippen molar-refractivity contribution in [2.24, 2.45) is 0 Å². The normalized spacial score (nSPS) is 10.4. The Hall–Kier alpha value is -3.16. The number of ether oxygens (including phenoxy) is 1. The van der Waals surface area contributed by atoms with Gasteiger partial charge in [-0.3, -0.25) is 9.59 Å². The maximum atomic E-state index is 12.8. The smallest absolute Gasteiger partial charge is 0.341 e. The van der Waals surface area contributed by atoms with Gasteiger partial charge < -0.3 is 15.4 Å². The SMILES string of the molecule is CCOC(=O)c1c(NC(=O)c2ccccc2)sc(C(=O)Nc2ccc(Cl)cc2)c1C. The maximum Gasteiger partial charge on any atom is 0.341 e. The molecule has 0 atom stereocenters. The quantitative estimate of drug-likeness (QED) is 0.501. The van der Waals surface area contributed by atoms with Crippen LogP contribution in [0.5, 0.6) is 0 Å². The van der Waals surface area contributed by atoms with Crippen LogP contribution < -0.4 is 10.6 Å². The summed E-state index contributed by atoms with van der Waals surface area (Å²) in [7, 11) is 0. The van der Waals surface area contributed by atoms with Gasteiger partial charge in [-0.25, -0.2) is 4.79 Å². The third-order valence-corrected chi connectivity index (χ3v) is 5.66. The molecule has 0 radical (unpaired) electrons. The number of hydrogen-bond acceptors (Lipinski definition) is 5. The monoisotopic (exact) mass is 442 g/mol. The highest BCUT2D eigenvalue weighted by Gasteiger charge is 2.27. The Morgan fingerprint density at radius 3 is 2.27 bits per heavy atom. The van der Waals surface area contributed by atoms with Gasteiger partial charge in [0.15, 0.2) is 0 Å². The van der Waals surface area contributed by atoms with Gasteiger partial charge in [-0.05, 0) is 55.8 Å². The predicted molar refractivity (Wildman–Crippen MR) is 119 cm³/mol. The van der Waals surface area contributed by atoms with E-state index in [9.17, 15) is 14.4 Å². The molecule has 0 unspecified atom stereocenters. The Balaban J connectivity index is 1.93. The molecule has 30 heavy (non-hydrogen) atoms. The van der Waals surface area contributed by atoms with E-state index in [0.717, 1.165) is 11.3 Å². The molecule has 1 aromatic heterocycles. The van der Waals surface area contributed by atoms with Crippen LogP contribution in [-0.2, 0) is 4.74 Å². The van der Waals surface area contributed by atoms with Crippen LogP contribution in [0.2, 0.25) is 5.02 Å². The molecule has 0 spiro atoms. The largest absolute Gasteiger partial charge is 0.462 e. The number of thiophene rings is 1. The zero-order valence-corrected chi connectivity index (χ0v) is 17.9. The fourth-order valence-electron chi connectivity index (χ4n) is 2.75. The molecule has 3 rings (SSSR count). The number of anilines is 2. The highest BCUT2D eigenvalue weighted by molar-refractivity contribution is 7.19. The zero-order valence-electron chi connectivity index (χ0n) is 16.3. The summed E-state index contributed by atoms with van der Waals surface area (Å²) in [5.74, 6) is -1.38. The van der Waals surface area contributed by atoms with Gasteiger partial charge in [0, 0.05) is 16.3 Å². The van der Waals surface area contributed by atoms with Crippen LogP contribution in [0.1, 0.15) is 42.9 Å². The lowest BCUT2D eigenvalue weighted by molar-refractivity contribution is 0.0527. The molecule has 6 nitrogen and oxygen atoms in total. The van der Waals surface area contributed by atoms with Crippen molar-refractivity contribution in [1.29, 1.82) is 0 Å². The van der Waals surface area contributed by atoms with Crippen molar-refractivity contribution < 1.29 is 19.1 Å². The van der Waals surface area contributed by atoms with Crippen LogP contribution in [-0.4, -0.2) is 24.4 Å². The highest BCUT2D eigenvalue weighted by atomic mass is 35.5. The van der Waals surface area contributed by atoms with E-state index < -0.39 is 11.9 Å². The summed E-state index contributed by atoms with van der Waals surface area (Å²) in [6.45, 7) is 3.51. The van der Waals surface area contributed by atoms with E-state index in [0.29, 0.717) is 26.7 Å². The third kappa shape index (κ3) is 4.87. The van der Waals surface area contributed by atoms with Gasteiger partial charge in [-0.2, -0.15) is 0 Å². The van der Waals surface area contributed by atoms with Crippen LogP contribution in [0, 0.1) is 6.92 Å². The van der Waals surface area contributed by atoms with Gasteiger partial charge in [0.1, 0.15) is 5.00 Å². The number of carbonyl (C=O) groups excluding carboxylic acids is 3. The standard InChI is InChI=1S/C22H19ClN2O4S/c1-3-29-22(28)17-13(2)18(20(27)24-16-11-9-15(23)10-12-16)30-21(17)25-19(26)14-7-5-4-6-8-14/h4-12H,3H2,1-2H3,(H,24,27)(H,25,26). The molecule has 2 N–H and O–H groups in total. The van der Waals surface area contributed by atoms with E-state index in [1.54, 1.807) is 68.4 Å². The molecule has 3 aromatic rings. The first-order chi connectivity index (χ1) is 14.4. The average molecular weight is 443 g/mol. The summed E-state index contributed by atoms with van der Waals surface area (Å²) in [4.78, 5) is 38.2. The number of rotatable bonds is 6. The number of halogens is 1. The molecule has 0 saturated carbocycles. The molecule has 0 aliphatic heterocycles. The van der Waals surface area contributed by atoms with Crippen LogP contribution in [0.4, 0.5) is 10.7 Å². The Labute approximate surface area is 182 Å². The highest BCUT2D eigenvalue weighted by Crippen LogP contribution is 2.34. The van der Waals surface area contributed by atoms with Gasteiger partial charge in [0.2, 0.25) is 0 Å². The summed E-state index contributed by atoms with van der Waals surface area (Å²) in [5, 5.41) is 6.32. The first-order valence-electron chi connectivity index (χ1n) is 9.14. The second-order valence-corrected chi connectivity index (χ2v) is 7.72. The van der Waals surface area contributed by atoms with Crippen LogP contribution in [0.15, 0.2) is 54.6 Å². The molecule has 2 amide bonds. The van der Waals surface area contributed by atoms with Crippen molar-refractivity contribution >= 4 is 51.4 Å². The van der Waals surface area contributed by atoms with Crippen LogP contribution >= 0.6 is 22.9 Å². The maximum absolute atomic E-state index is 12.8. The second-order valence-electron chi connectivity index (χ2n) is 6.26. The number of hydrogen-bond donors (Lipinski definition) is 2. The lowest BCUT2D eigenvalue weighted by atomic mass is 10.1. The summed E-state index contributed by atoms with van der Waals surface area (Å²) < 4.78 is 5.13. The van der Waals surface area contributed by atoms with Crippen molar-refractivity contribution in [1.82, 2.24) is 0 Å². The van der Waals surface area contributed by atoms with E-state index in [1.807, 2.05) is 0 Å². The Kier molecular flexibility index (Phi) is 6.87. The van der Waals surface area contributed by atoms with E-state index in [-0.39, 0.29) is 23.1 Å². The minimum absolute atomic E-state index is 0.173. The van der Waals surface area contributed by atoms with Gasteiger partial charge in [-0.1, -0.05) is 29.8 Å². The molecule has 0 aliphatic rings. The van der Waals surface area contributed by atoms with Crippen molar-refractivity contribution in [3.8, 4) is 0 Å². The fourth-order valence-corrected chi connectivity index (χ4v) is 3.96. The first kappa shape index (κ1) is 21.5. The molecule has 0 fully saturated rings. The summed E-state index contributed by atoms with van der Waals surface area (Å²) in [6.07, 6.45) is 0. The van der Waals surface area contributed by atoms with Gasteiger partial charge in [0.05, 0.1) is 17.0 Å². The van der Waals surface area contributed by atoms with Crippen molar-refractivity contribution in [2.75, 3.05) is 17.2 Å². The Bertz CT molecular complexity index is 1080. The molecule has 0 bridgehead atoms. The zero-order chi connectivity index (χ0) is 21.7. The van der Waals surface area contributed by atoms with Gasteiger partial charge in [-0.15, -0.1) is 11.3 Å². The van der Waals surface area contributed by atoms with Crippen LogP contribution in [0.3, 0.4) is 0 Å².